The predicted octanol–water partition coefficient (Wildman–Crippen LogP) is 5.72. The topological polar surface area (TPSA) is 44.3 Å². The lowest BCUT2D eigenvalue weighted by Crippen LogP contribution is -2.52. The second-order valence-electron chi connectivity index (χ2n) is 9.76. The average Bonchev–Trinajstić information content (AvgIpc) is 3.05. The number of likely N-dealkylation sites (N-methyl/N-ethyl adjacent to an activating group) is 1. The highest BCUT2D eigenvalue weighted by molar-refractivity contribution is 5.95. The number of aryl methyl sites for hydroxylation is 1. The van der Waals surface area contributed by atoms with Crippen molar-refractivity contribution in [2.75, 3.05) is 30.4 Å². The Labute approximate surface area is 198 Å². The van der Waals surface area contributed by atoms with Gasteiger partial charge in [0.05, 0.1) is 17.3 Å². The van der Waals surface area contributed by atoms with Gasteiger partial charge in [-0.05, 0) is 70.0 Å². The fraction of sp³-hybridized carbons (Fsp3) is 0.462. The summed E-state index contributed by atoms with van der Waals surface area (Å²) in [6.45, 7) is 7.42. The molecule has 0 aliphatic carbocycles. The van der Waals surface area contributed by atoms with Gasteiger partial charge in [-0.25, -0.2) is 0 Å². The summed E-state index contributed by atoms with van der Waals surface area (Å²) in [5.41, 5.74) is 2.22. The van der Waals surface area contributed by atoms with Gasteiger partial charge in [0.25, 0.3) is 0 Å². The predicted molar refractivity (Wildman–Crippen MR) is 129 cm³/mol. The van der Waals surface area contributed by atoms with Gasteiger partial charge in [0.1, 0.15) is 0 Å². The molecule has 2 aliphatic heterocycles. The monoisotopic (exact) mass is 469 g/mol. The molecule has 5 nitrogen and oxygen atoms in total. The lowest BCUT2D eigenvalue weighted by atomic mass is 9.97. The Hall–Kier alpha value is -2.87. The van der Waals surface area contributed by atoms with Gasteiger partial charge in [-0.3, -0.25) is 0 Å². The summed E-state index contributed by atoms with van der Waals surface area (Å²) in [6.07, 6.45) is -2.00. The molecule has 3 atom stereocenters. The van der Waals surface area contributed by atoms with E-state index in [2.05, 4.69) is 50.6 Å². The number of nitrogens with zero attached hydrogens (tertiary/aromatic N) is 4. The number of alkyl halides is 3. The van der Waals surface area contributed by atoms with E-state index < -0.39 is 11.7 Å². The fourth-order valence-electron chi connectivity index (χ4n) is 5.79. The van der Waals surface area contributed by atoms with Crippen LogP contribution in [0.15, 0.2) is 36.4 Å². The zero-order chi connectivity index (χ0) is 24.2. The van der Waals surface area contributed by atoms with Gasteiger partial charge in [-0.1, -0.05) is 18.2 Å². The van der Waals surface area contributed by atoms with Crippen LogP contribution >= 0.6 is 0 Å². The van der Waals surface area contributed by atoms with Crippen molar-refractivity contribution < 1.29 is 13.2 Å². The second-order valence-corrected chi connectivity index (χ2v) is 9.76. The Kier molecular flexibility index (Phi) is 5.67. The highest BCUT2D eigenvalue weighted by atomic mass is 19.4. The Balaban J connectivity index is 1.51. The van der Waals surface area contributed by atoms with Crippen LogP contribution in [-0.2, 0) is 6.18 Å². The number of halogens is 3. The van der Waals surface area contributed by atoms with Crippen molar-refractivity contribution in [3.8, 4) is 0 Å². The molecule has 0 saturated carbocycles. The molecule has 2 aromatic carbocycles. The van der Waals surface area contributed by atoms with E-state index in [9.17, 15) is 13.2 Å². The molecule has 2 saturated heterocycles. The lowest BCUT2D eigenvalue weighted by Gasteiger charge is -2.41. The maximum Gasteiger partial charge on any atom is 0.416 e. The molecule has 3 heterocycles. The minimum Gasteiger partial charge on any atom is -0.363 e. The molecule has 1 aromatic heterocycles. The SMILES string of the molecule is Cc1c([C@@H](C)Nc2nnc(C)c3ccc(N4C5CCC4CN(C)C5)cc23)cccc1C(F)(F)F. The van der Waals surface area contributed by atoms with Crippen molar-refractivity contribution >= 4 is 22.3 Å². The van der Waals surface area contributed by atoms with Gasteiger partial charge in [0, 0.05) is 41.6 Å². The lowest BCUT2D eigenvalue weighted by molar-refractivity contribution is -0.138. The number of benzene rings is 2. The van der Waals surface area contributed by atoms with Gasteiger partial charge in [0.2, 0.25) is 0 Å². The van der Waals surface area contributed by atoms with Crippen LogP contribution in [0.4, 0.5) is 24.7 Å². The first kappa shape index (κ1) is 22.9. The Morgan fingerprint density at radius 2 is 1.71 bits per heavy atom. The van der Waals surface area contributed by atoms with Crippen LogP contribution in [0.25, 0.3) is 10.8 Å². The first-order chi connectivity index (χ1) is 16.1. The normalized spacial score (nSPS) is 21.8. The number of hydrogen-bond acceptors (Lipinski definition) is 5. The van der Waals surface area contributed by atoms with Crippen LogP contribution < -0.4 is 10.2 Å². The number of likely N-dealkylation sites (tertiary alicyclic amines) is 1. The quantitative estimate of drug-likeness (QED) is 0.529. The van der Waals surface area contributed by atoms with Crippen LogP contribution in [0, 0.1) is 13.8 Å². The second kappa shape index (κ2) is 8.41. The summed E-state index contributed by atoms with van der Waals surface area (Å²) in [7, 11) is 2.18. The molecule has 0 spiro atoms. The van der Waals surface area contributed by atoms with Crippen LogP contribution in [0.3, 0.4) is 0 Å². The summed E-state index contributed by atoms with van der Waals surface area (Å²) in [6, 6.07) is 11.4. The zero-order valence-corrected chi connectivity index (χ0v) is 19.9. The molecule has 0 radical (unpaired) electrons. The summed E-state index contributed by atoms with van der Waals surface area (Å²) in [4.78, 5) is 4.95. The number of aromatic nitrogens is 2. The van der Waals surface area contributed by atoms with E-state index >= 15 is 0 Å². The van der Waals surface area contributed by atoms with Crippen molar-refractivity contribution in [3.63, 3.8) is 0 Å². The van der Waals surface area contributed by atoms with Gasteiger partial charge < -0.3 is 15.1 Å². The van der Waals surface area contributed by atoms with E-state index in [1.165, 1.54) is 31.5 Å². The molecule has 2 unspecified atom stereocenters. The van der Waals surface area contributed by atoms with Crippen molar-refractivity contribution in [2.45, 2.75) is 57.9 Å². The molecular weight excluding hydrogens is 439 g/mol. The Morgan fingerprint density at radius 3 is 2.38 bits per heavy atom. The van der Waals surface area contributed by atoms with E-state index in [-0.39, 0.29) is 11.6 Å². The first-order valence-electron chi connectivity index (χ1n) is 11.8. The Bertz CT molecular complexity index is 1210. The summed E-state index contributed by atoms with van der Waals surface area (Å²) in [5, 5.41) is 14.0. The summed E-state index contributed by atoms with van der Waals surface area (Å²) >= 11 is 0. The minimum absolute atomic E-state index is 0.231. The first-order valence-corrected chi connectivity index (χ1v) is 11.8. The number of anilines is 2. The van der Waals surface area contributed by atoms with Crippen molar-refractivity contribution in [1.82, 2.24) is 15.1 Å². The van der Waals surface area contributed by atoms with E-state index in [0.29, 0.717) is 23.5 Å². The van der Waals surface area contributed by atoms with Crippen LogP contribution in [-0.4, -0.2) is 47.3 Å². The van der Waals surface area contributed by atoms with Gasteiger partial charge >= 0.3 is 6.18 Å². The molecular formula is C26H30F3N5. The molecule has 0 amide bonds. The number of piperazine rings is 1. The van der Waals surface area contributed by atoms with E-state index in [4.69, 9.17) is 0 Å². The van der Waals surface area contributed by atoms with Gasteiger partial charge in [0.15, 0.2) is 5.82 Å². The zero-order valence-electron chi connectivity index (χ0n) is 19.9. The highest BCUT2D eigenvalue weighted by Gasteiger charge is 2.39. The van der Waals surface area contributed by atoms with Crippen LogP contribution in [0.1, 0.15) is 48.2 Å². The van der Waals surface area contributed by atoms with E-state index in [0.717, 1.165) is 35.6 Å². The molecule has 2 fully saturated rings. The van der Waals surface area contributed by atoms with Crippen LogP contribution in [0.2, 0.25) is 0 Å². The van der Waals surface area contributed by atoms with E-state index in [1.807, 2.05) is 13.8 Å². The third-order valence-corrected chi connectivity index (χ3v) is 7.41. The van der Waals surface area contributed by atoms with E-state index in [1.54, 1.807) is 6.07 Å². The molecule has 2 aliphatic rings. The minimum atomic E-state index is -4.38. The Morgan fingerprint density at radius 1 is 1.00 bits per heavy atom. The largest absolute Gasteiger partial charge is 0.416 e. The number of rotatable bonds is 4. The number of fused-ring (bicyclic) bond motifs is 3. The molecule has 3 aromatic rings. The highest BCUT2D eigenvalue weighted by Crippen LogP contribution is 2.38. The molecule has 34 heavy (non-hydrogen) atoms. The molecule has 2 bridgehead atoms. The van der Waals surface area contributed by atoms with Crippen molar-refractivity contribution in [3.05, 3.63) is 58.8 Å². The van der Waals surface area contributed by atoms with Gasteiger partial charge in [-0.2, -0.15) is 18.3 Å². The standard InChI is InChI=1S/C26H30F3N5/c1-15-21(6-5-7-24(15)26(27,28)29)16(2)30-25-23-12-18(10-11-22(23)17(3)31-32-25)34-19-8-9-20(34)14-33(4)13-19/h5-7,10-12,16,19-20H,8-9,13-14H2,1-4H3,(H,30,32)/t16-,19?,20?/m1/s1. The van der Waals surface area contributed by atoms with Crippen molar-refractivity contribution in [2.24, 2.45) is 0 Å². The molecule has 180 valence electrons. The molecule has 1 N–H and O–H groups in total. The summed E-state index contributed by atoms with van der Waals surface area (Å²) in [5.74, 6) is 0.591. The van der Waals surface area contributed by atoms with Crippen LogP contribution in [0.5, 0.6) is 0 Å². The van der Waals surface area contributed by atoms with Gasteiger partial charge in [-0.15, -0.1) is 5.10 Å². The number of hydrogen-bond donors (Lipinski definition) is 1. The number of nitrogens with one attached hydrogen (secondary N) is 1. The smallest absolute Gasteiger partial charge is 0.363 e. The maximum atomic E-state index is 13.4. The summed E-state index contributed by atoms with van der Waals surface area (Å²) < 4.78 is 40.3. The molecule has 8 heteroatoms. The third kappa shape index (κ3) is 3.98. The third-order valence-electron chi connectivity index (χ3n) is 7.41. The maximum absolute atomic E-state index is 13.4. The fourth-order valence-corrected chi connectivity index (χ4v) is 5.79. The molecule has 5 rings (SSSR count). The van der Waals surface area contributed by atoms with Crippen molar-refractivity contribution in [1.29, 1.82) is 0 Å². The average molecular weight is 470 g/mol.